The van der Waals surface area contributed by atoms with Crippen LogP contribution in [0.3, 0.4) is 0 Å². The lowest BCUT2D eigenvalue weighted by Crippen LogP contribution is -2.51. The van der Waals surface area contributed by atoms with Gasteiger partial charge in [0.25, 0.3) is 0 Å². The van der Waals surface area contributed by atoms with Gasteiger partial charge in [0.2, 0.25) is 0 Å². The van der Waals surface area contributed by atoms with Gasteiger partial charge in [-0.25, -0.2) is 0 Å². The number of rotatable bonds is 13. The molecule has 2 unspecified atom stereocenters. The summed E-state index contributed by atoms with van der Waals surface area (Å²) in [5.74, 6) is 0.145. The topological polar surface area (TPSA) is 100.0 Å². The molecule has 0 aromatic rings. The van der Waals surface area contributed by atoms with Crippen molar-refractivity contribution in [3.05, 3.63) is 9.81 Å². The van der Waals surface area contributed by atoms with E-state index in [1.54, 1.807) is 6.92 Å². The molecule has 26 heavy (non-hydrogen) atoms. The van der Waals surface area contributed by atoms with Crippen LogP contribution in [0, 0.1) is 15.2 Å². The number of hydrogen-bond acceptors (Lipinski definition) is 7. The zero-order valence-corrected chi connectivity index (χ0v) is 17.8. The molecule has 0 radical (unpaired) electrons. The molecule has 0 spiro atoms. The van der Waals surface area contributed by atoms with Gasteiger partial charge in [-0.05, 0) is 60.5 Å². The summed E-state index contributed by atoms with van der Waals surface area (Å²) in [5.41, 5.74) is -1.22. The van der Waals surface area contributed by atoms with Gasteiger partial charge in [0.05, 0.1) is 0 Å². The van der Waals surface area contributed by atoms with Crippen LogP contribution in [0.5, 0.6) is 0 Å². The van der Waals surface area contributed by atoms with E-state index in [0.717, 1.165) is 13.0 Å². The highest BCUT2D eigenvalue weighted by Gasteiger charge is 2.32. The summed E-state index contributed by atoms with van der Waals surface area (Å²) in [5, 5.41) is 13.0. The van der Waals surface area contributed by atoms with Gasteiger partial charge in [-0.3, -0.25) is 4.79 Å². The van der Waals surface area contributed by atoms with Crippen molar-refractivity contribution < 1.29 is 4.79 Å². The minimum atomic E-state index is -0.479. The minimum absolute atomic E-state index is 0.145. The fourth-order valence-corrected chi connectivity index (χ4v) is 2.49. The molecule has 0 fully saturated rings. The van der Waals surface area contributed by atoms with Crippen LogP contribution < -0.4 is 10.6 Å². The van der Waals surface area contributed by atoms with Gasteiger partial charge in [0.1, 0.15) is 17.9 Å². The second kappa shape index (κ2) is 10.2. The first-order valence-electron chi connectivity index (χ1n) is 9.46. The fourth-order valence-electron chi connectivity index (χ4n) is 2.49. The molecule has 0 heterocycles. The Labute approximate surface area is 158 Å². The zero-order chi connectivity index (χ0) is 20.6. The van der Waals surface area contributed by atoms with Crippen LogP contribution in [0.2, 0.25) is 0 Å². The van der Waals surface area contributed by atoms with Crippen molar-refractivity contribution in [1.82, 2.24) is 10.6 Å². The molecule has 2 atom stereocenters. The third-order valence-corrected chi connectivity index (χ3v) is 5.16. The highest BCUT2D eigenvalue weighted by atomic mass is 16.3. The molecule has 0 aromatic heterocycles. The smallest absolute Gasteiger partial charge is 0.138 e. The second-order valence-electron chi connectivity index (χ2n) is 9.26. The Balaban J connectivity index is 4.38. The molecule has 0 saturated heterocycles. The molecule has 0 aliphatic heterocycles. The van der Waals surface area contributed by atoms with Crippen LogP contribution in [-0.4, -0.2) is 42.0 Å². The van der Waals surface area contributed by atoms with E-state index in [0.29, 0.717) is 19.4 Å². The van der Waals surface area contributed by atoms with E-state index in [1.165, 1.54) is 0 Å². The van der Waals surface area contributed by atoms with E-state index >= 15 is 0 Å². The fraction of sp³-hybridized carbons (Fsp3) is 0.947. The van der Waals surface area contributed by atoms with Crippen LogP contribution in [0.1, 0.15) is 74.7 Å². The summed E-state index contributed by atoms with van der Waals surface area (Å²) in [7, 11) is 0. The largest absolute Gasteiger partial charge is 0.310 e. The van der Waals surface area contributed by atoms with Crippen LogP contribution >= 0.6 is 0 Å². The molecule has 0 saturated carbocycles. The van der Waals surface area contributed by atoms with Crippen LogP contribution in [0.4, 0.5) is 0 Å². The molecule has 7 heteroatoms. The maximum absolute atomic E-state index is 12.1. The first kappa shape index (κ1) is 24.8. The van der Waals surface area contributed by atoms with E-state index < -0.39 is 17.0 Å². The van der Waals surface area contributed by atoms with Crippen molar-refractivity contribution in [1.29, 1.82) is 0 Å². The summed E-state index contributed by atoms with van der Waals surface area (Å²) in [6.45, 7) is 16.7. The van der Waals surface area contributed by atoms with Crippen molar-refractivity contribution in [3.63, 3.8) is 0 Å². The van der Waals surface area contributed by atoms with E-state index in [1.807, 2.05) is 48.5 Å². The number of carbonyl (C=O) groups is 1. The van der Waals surface area contributed by atoms with Crippen molar-refractivity contribution in [3.8, 4) is 0 Å². The number of nitrogens with one attached hydrogen (secondary N) is 2. The number of carbonyl (C=O) groups excluding carboxylic acids is 1. The summed E-state index contributed by atoms with van der Waals surface area (Å²) < 4.78 is 0. The number of nitroso groups, excluding NO2 is 2. The third kappa shape index (κ3) is 8.45. The predicted octanol–water partition coefficient (Wildman–Crippen LogP) is 3.80. The lowest BCUT2D eigenvalue weighted by Gasteiger charge is -2.32. The first-order valence-corrected chi connectivity index (χ1v) is 9.46. The van der Waals surface area contributed by atoms with Crippen LogP contribution in [0.25, 0.3) is 0 Å². The third-order valence-electron chi connectivity index (χ3n) is 5.16. The monoisotopic (exact) mass is 370 g/mol. The van der Waals surface area contributed by atoms with E-state index in [4.69, 9.17) is 0 Å². The van der Waals surface area contributed by atoms with Gasteiger partial charge in [-0.15, -0.1) is 0 Å². The van der Waals surface area contributed by atoms with Gasteiger partial charge in [0, 0.05) is 22.9 Å². The molecule has 0 rings (SSSR count). The number of ketones is 1. The Morgan fingerprint density at radius 1 is 0.885 bits per heavy atom. The maximum atomic E-state index is 12.1. The predicted molar refractivity (Wildman–Crippen MR) is 107 cm³/mol. The highest BCUT2D eigenvalue weighted by Crippen LogP contribution is 2.23. The Morgan fingerprint density at radius 2 is 1.38 bits per heavy atom. The van der Waals surface area contributed by atoms with Crippen molar-refractivity contribution in [2.45, 2.75) is 97.8 Å². The van der Waals surface area contributed by atoms with Crippen molar-refractivity contribution in [2.75, 3.05) is 13.1 Å². The number of hydrogen-bond donors (Lipinski definition) is 2. The van der Waals surface area contributed by atoms with Crippen LogP contribution in [0.15, 0.2) is 10.4 Å². The van der Waals surface area contributed by atoms with E-state index in [-0.39, 0.29) is 17.4 Å². The lowest BCUT2D eigenvalue weighted by molar-refractivity contribution is -0.126. The van der Waals surface area contributed by atoms with Crippen LogP contribution in [-0.2, 0) is 4.79 Å². The zero-order valence-electron chi connectivity index (χ0n) is 17.8. The quantitative estimate of drug-likeness (QED) is 0.379. The number of Topliss-reactive ketones (excluding diaryl/α,β-unsaturated/α-hetero) is 1. The van der Waals surface area contributed by atoms with Gasteiger partial charge in [-0.2, -0.15) is 9.81 Å². The average molecular weight is 371 g/mol. The minimum Gasteiger partial charge on any atom is -0.310 e. The SMILES string of the molecule is CC(N=O)C(C)(C)NCCCNC(C)(C)C(CCC(=O)C(C)(C)C)N=O. The molecule has 152 valence electrons. The molecule has 7 nitrogen and oxygen atoms in total. The van der Waals surface area contributed by atoms with E-state index in [2.05, 4.69) is 21.0 Å². The molecule has 0 amide bonds. The number of nitrogens with zero attached hydrogens (tertiary/aromatic N) is 2. The molecule has 0 aliphatic carbocycles. The Bertz CT molecular complexity index is 470. The maximum Gasteiger partial charge on any atom is 0.138 e. The summed E-state index contributed by atoms with van der Waals surface area (Å²) in [6, 6.07) is -0.770. The molecule has 0 aliphatic rings. The lowest BCUT2D eigenvalue weighted by atomic mass is 9.84. The Kier molecular flexibility index (Phi) is 9.73. The van der Waals surface area contributed by atoms with Gasteiger partial charge < -0.3 is 10.6 Å². The molecule has 2 N–H and O–H groups in total. The summed E-state index contributed by atoms with van der Waals surface area (Å²) in [6.07, 6.45) is 1.65. The first-order chi connectivity index (χ1) is 11.8. The Hall–Kier alpha value is -1.21. The van der Waals surface area contributed by atoms with Crippen molar-refractivity contribution >= 4 is 5.78 Å². The average Bonchev–Trinajstić information content (AvgIpc) is 2.52. The summed E-state index contributed by atoms with van der Waals surface area (Å²) >= 11 is 0. The molecule has 0 bridgehead atoms. The van der Waals surface area contributed by atoms with Gasteiger partial charge in [0.15, 0.2) is 0 Å². The van der Waals surface area contributed by atoms with Gasteiger partial charge >= 0.3 is 0 Å². The summed E-state index contributed by atoms with van der Waals surface area (Å²) in [4.78, 5) is 34.1. The van der Waals surface area contributed by atoms with E-state index in [9.17, 15) is 14.6 Å². The molecule has 0 aromatic carbocycles. The molecular weight excluding hydrogens is 332 g/mol. The molecular formula is C19H38N4O3. The van der Waals surface area contributed by atoms with Gasteiger partial charge in [-0.1, -0.05) is 31.1 Å². The van der Waals surface area contributed by atoms with Crippen molar-refractivity contribution in [2.24, 2.45) is 15.8 Å². The highest BCUT2D eigenvalue weighted by molar-refractivity contribution is 5.83. The Morgan fingerprint density at radius 3 is 1.81 bits per heavy atom. The normalized spacial score (nSPS) is 15.4. The standard InChI is InChI=1S/C19H38N4O3/c1-14(22-25)18(5,6)20-12-9-13-21-19(7,8)15(23-26)10-11-16(24)17(2,3)4/h14-15,20-21H,9-13H2,1-8H3. The second-order valence-corrected chi connectivity index (χ2v) is 9.26.